The first-order valence-corrected chi connectivity index (χ1v) is 6.82. The summed E-state index contributed by atoms with van der Waals surface area (Å²) in [5, 5.41) is 4.55. The summed E-state index contributed by atoms with van der Waals surface area (Å²) >= 11 is 6.80. The number of nitrogens with one attached hydrogen (secondary N) is 1. The predicted molar refractivity (Wildman–Crippen MR) is 71.5 cm³/mol. The molecule has 0 aliphatic rings. The Morgan fingerprint density at radius 1 is 1.61 bits per heavy atom. The second-order valence-electron chi connectivity index (χ2n) is 3.81. The maximum Gasteiger partial charge on any atom is 0.258 e. The zero-order chi connectivity index (χ0) is 13.1. The van der Waals surface area contributed by atoms with Gasteiger partial charge in [0.25, 0.3) is 5.56 Å². The monoisotopic (exact) mass is 285 g/mol. The van der Waals surface area contributed by atoms with Crippen LogP contribution in [0.1, 0.15) is 11.4 Å². The maximum absolute atomic E-state index is 11.9. The molecule has 0 spiro atoms. The van der Waals surface area contributed by atoms with E-state index in [0.717, 1.165) is 5.69 Å². The molecule has 0 radical (unpaired) electrons. The number of nitrogens with zero attached hydrogens (tertiary/aromatic N) is 2. The zero-order valence-electron chi connectivity index (χ0n) is 9.77. The van der Waals surface area contributed by atoms with Crippen molar-refractivity contribution in [3.05, 3.63) is 33.2 Å². The van der Waals surface area contributed by atoms with Gasteiger partial charge < -0.3 is 5.32 Å². The lowest BCUT2D eigenvalue weighted by atomic mass is 10.3. The highest BCUT2D eigenvalue weighted by atomic mass is 35.5. The van der Waals surface area contributed by atoms with E-state index in [1.807, 2.05) is 5.38 Å². The van der Waals surface area contributed by atoms with Gasteiger partial charge in [-0.3, -0.25) is 14.0 Å². The Kier molecular flexibility index (Phi) is 3.98. The highest BCUT2D eigenvalue weighted by Crippen LogP contribution is 2.12. The van der Waals surface area contributed by atoms with Gasteiger partial charge in [-0.15, -0.1) is 22.9 Å². The van der Waals surface area contributed by atoms with Gasteiger partial charge in [0.2, 0.25) is 5.91 Å². The quantitative estimate of drug-likeness (QED) is 0.851. The fourth-order valence-electron chi connectivity index (χ4n) is 1.64. The molecule has 2 heterocycles. The minimum atomic E-state index is -0.211. The first kappa shape index (κ1) is 13.0. The van der Waals surface area contributed by atoms with Crippen LogP contribution < -0.4 is 10.9 Å². The number of amides is 1. The van der Waals surface area contributed by atoms with E-state index in [1.165, 1.54) is 17.4 Å². The molecular formula is C11H12ClN3O2S. The third kappa shape index (κ3) is 2.70. The van der Waals surface area contributed by atoms with Crippen molar-refractivity contribution >= 4 is 33.8 Å². The molecule has 1 N–H and O–H groups in total. The highest BCUT2D eigenvalue weighted by molar-refractivity contribution is 7.15. The summed E-state index contributed by atoms with van der Waals surface area (Å²) in [5.74, 6) is -0.261. The Bertz CT molecular complexity index is 635. The standard InChI is InChI=1S/C11H12ClN3O2S/c1-7-4-10(17)15-8(6-18-11(15)14-7)2-3-13-9(16)5-12/h4,6H,2-3,5H2,1H3,(H,13,16). The van der Waals surface area contributed by atoms with Crippen molar-refractivity contribution < 1.29 is 4.79 Å². The molecule has 1 amide bonds. The van der Waals surface area contributed by atoms with E-state index in [0.29, 0.717) is 23.6 Å². The number of thiazole rings is 1. The van der Waals surface area contributed by atoms with Gasteiger partial charge in [0.15, 0.2) is 4.96 Å². The number of alkyl halides is 1. The molecule has 0 fully saturated rings. The summed E-state index contributed by atoms with van der Waals surface area (Å²) in [6.07, 6.45) is 0.577. The van der Waals surface area contributed by atoms with Crippen molar-refractivity contribution in [3.63, 3.8) is 0 Å². The van der Waals surface area contributed by atoms with E-state index in [-0.39, 0.29) is 17.3 Å². The molecule has 0 unspecified atom stereocenters. The van der Waals surface area contributed by atoms with Crippen LogP contribution >= 0.6 is 22.9 Å². The van der Waals surface area contributed by atoms with Crippen LogP contribution in [0.4, 0.5) is 0 Å². The summed E-state index contributed by atoms with van der Waals surface area (Å²) in [7, 11) is 0. The summed E-state index contributed by atoms with van der Waals surface area (Å²) in [6, 6.07) is 1.50. The average molecular weight is 286 g/mol. The van der Waals surface area contributed by atoms with Gasteiger partial charge in [-0.25, -0.2) is 4.98 Å². The predicted octanol–water partition coefficient (Wildman–Crippen LogP) is 0.962. The van der Waals surface area contributed by atoms with Crippen LogP contribution in [0.3, 0.4) is 0 Å². The normalized spacial score (nSPS) is 10.8. The molecule has 2 rings (SSSR count). The van der Waals surface area contributed by atoms with Crippen molar-refractivity contribution in [2.75, 3.05) is 12.4 Å². The molecule has 0 aliphatic heterocycles. The van der Waals surface area contributed by atoms with Crippen LogP contribution in [0.25, 0.3) is 4.96 Å². The minimum absolute atomic E-state index is 0.0505. The van der Waals surface area contributed by atoms with Crippen molar-refractivity contribution in [3.8, 4) is 0 Å². The fourth-order valence-corrected chi connectivity index (χ4v) is 2.70. The van der Waals surface area contributed by atoms with Gasteiger partial charge in [0.1, 0.15) is 5.88 Å². The van der Waals surface area contributed by atoms with Gasteiger partial charge in [-0.1, -0.05) is 0 Å². The Labute approximate surface area is 112 Å². The molecule has 2 aromatic heterocycles. The first-order chi connectivity index (χ1) is 8.61. The molecule has 0 saturated heterocycles. The Morgan fingerprint density at radius 3 is 3.11 bits per heavy atom. The van der Waals surface area contributed by atoms with Crippen molar-refractivity contribution in [2.45, 2.75) is 13.3 Å². The Balaban J connectivity index is 2.19. The molecule has 0 atom stereocenters. The number of rotatable bonds is 4. The van der Waals surface area contributed by atoms with Gasteiger partial charge in [0.05, 0.1) is 0 Å². The molecule has 96 valence electrons. The minimum Gasteiger partial charge on any atom is -0.355 e. The second kappa shape index (κ2) is 5.49. The molecule has 0 aliphatic carbocycles. The van der Waals surface area contributed by atoms with Crippen molar-refractivity contribution in [1.82, 2.24) is 14.7 Å². The fraction of sp³-hybridized carbons (Fsp3) is 0.364. The van der Waals surface area contributed by atoms with Crippen LogP contribution in [0.15, 0.2) is 16.2 Å². The third-order valence-electron chi connectivity index (χ3n) is 2.43. The number of hydrogen-bond donors (Lipinski definition) is 1. The van der Waals surface area contributed by atoms with Gasteiger partial charge in [0, 0.05) is 35.8 Å². The highest BCUT2D eigenvalue weighted by Gasteiger charge is 2.07. The largest absolute Gasteiger partial charge is 0.355 e. The number of aromatic nitrogens is 2. The SMILES string of the molecule is Cc1cc(=O)n2c(CCNC(=O)CCl)csc2n1. The van der Waals surface area contributed by atoms with Crippen LogP contribution in [0.2, 0.25) is 0 Å². The number of carbonyl (C=O) groups is 1. The number of hydrogen-bond acceptors (Lipinski definition) is 4. The third-order valence-corrected chi connectivity index (χ3v) is 3.55. The molecule has 0 aromatic carbocycles. The van der Waals surface area contributed by atoms with Crippen LogP contribution in [-0.4, -0.2) is 27.7 Å². The van der Waals surface area contributed by atoms with E-state index in [4.69, 9.17) is 11.6 Å². The summed E-state index contributed by atoms with van der Waals surface area (Å²) < 4.78 is 1.57. The smallest absolute Gasteiger partial charge is 0.258 e. The average Bonchev–Trinajstić information content (AvgIpc) is 2.72. The molecule has 0 bridgehead atoms. The molecule has 0 saturated carbocycles. The number of carbonyl (C=O) groups excluding carboxylic acids is 1. The second-order valence-corrected chi connectivity index (χ2v) is 4.92. The van der Waals surface area contributed by atoms with Gasteiger partial charge >= 0.3 is 0 Å². The van der Waals surface area contributed by atoms with E-state index >= 15 is 0 Å². The van der Waals surface area contributed by atoms with E-state index in [1.54, 1.807) is 11.3 Å². The first-order valence-electron chi connectivity index (χ1n) is 5.41. The van der Waals surface area contributed by atoms with Crippen LogP contribution in [0, 0.1) is 6.92 Å². The van der Waals surface area contributed by atoms with Crippen molar-refractivity contribution in [1.29, 1.82) is 0 Å². The van der Waals surface area contributed by atoms with Crippen LogP contribution in [0.5, 0.6) is 0 Å². The lowest BCUT2D eigenvalue weighted by Crippen LogP contribution is -2.27. The maximum atomic E-state index is 11.9. The van der Waals surface area contributed by atoms with E-state index < -0.39 is 0 Å². The zero-order valence-corrected chi connectivity index (χ0v) is 11.3. The van der Waals surface area contributed by atoms with E-state index in [2.05, 4.69) is 10.3 Å². The van der Waals surface area contributed by atoms with Crippen LogP contribution in [-0.2, 0) is 11.2 Å². The Hall–Kier alpha value is -1.40. The summed E-state index contributed by atoms with van der Waals surface area (Å²) in [5.41, 5.74) is 1.48. The lowest BCUT2D eigenvalue weighted by molar-refractivity contribution is -0.118. The van der Waals surface area contributed by atoms with Gasteiger partial charge in [-0.2, -0.15) is 0 Å². The molecule has 5 nitrogen and oxygen atoms in total. The number of fused-ring (bicyclic) bond motifs is 1. The number of aryl methyl sites for hydroxylation is 1. The van der Waals surface area contributed by atoms with Gasteiger partial charge in [-0.05, 0) is 6.92 Å². The molecular weight excluding hydrogens is 274 g/mol. The molecule has 7 heteroatoms. The summed E-state index contributed by atoms with van der Waals surface area (Å²) in [6.45, 7) is 2.25. The van der Waals surface area contributed by atoms with Crippen molar-refractivity contribution in [2.24, 2.45) is 0 Å². The molecule has 2 aromatic rings. The summed E-state index contributed by atoms with van der Waals surface area (Å²) in [4.78, 5) is 27.8. The lowest BCUT2D eigenvalue weighted by Gasteiger charge is -2.03. The molecule has 18 heavy (non-hydrogen) atoms. The van der Waals surface area contributed by atoms with E-state index in [9.17, 15) is 9.59 Å². The Morgan fingerprint density at radius 2 is 2.39 bits per heavy atom. The topological polar surface area (TPSA) is 63.5 Å². The number of halogens is 1.